The Labute approximate surface area is 156 Å². The number of carbonyl (C=O) groups excluding carboxylic acids is 1. The van der Waals surface area contributed by atoms with Gasteiger partial charge in [-0.3, -0.25) is 30.3 Å². The summed E-state index contributed by atoms with van der Waals surface area (Å²) in [5, 5.41) is 31.6. The molecule has 0 saturated heterocycles. The minimum absolute atomic E-state index is 0.0674. The Bertz CT molecular complexity index is 1050. The van der Waals surface area contributed by atoms with Gasteiger partial charge in [-0.2, -0.15) is 0 Å². The largest absolute Gasteiger partial charge is 0.496 e. The summed E-state index contributed by atoms with van der Waals surface area (Å²) in [5.41, 5.74) is -1.01. The fourth-order valence-electron chi connectivity index (χ4n) is 2.31. The summed E-state index contributed by atoms with van der Waals surface area (Å²) in [4.78, 5) is 32.5. The van der Waals surface area contributed by atoms with Crippen LogP contribution in [0.15, 0.2) is 46.9 Å². The molecule has 12 heteroatoms. The molecule has 0 aliphatic carbocycles. The number of carbonyl (C=O) groups is 1. The van der Waals surface area contributed by atoms with Crippen molar-refractivity contribution in [3.8, 4) is 17.2 Å². The molecule has 1 amide bonds. The smallest absolute Gasteiger partial charge is 0.322 e. The number of nitrogens with one attached hydrogen (secondary N) is 1. The molecule has 0 saturated carbocycles. The Morgan fingerprint density at radius 1 is 1.07 bits per heavy atom. The van der Waals surface area contributed by atoms with Gasteiger partial charge in [0.05, 0.1) is 34.1 Å². The minimum Gasteiger partial charge on any atom is -0.496 e. The van der Waals surface area contributed by atoms with Crippen molar-refractivity contribution in [3.63, 3.8) is 0 Å². The van der Waals surface area contributed by atoms with Gasteiger partial charge in [-0.05, 0) is 12.1 Å². The van der Waals surface area contributed by atoms with Gasteiger partial charge in [0.2, 0.25) is 0 Å². The lowest BCUT2D eigenvalue weighted by Crippen LogP contribution is -2.13. The lowest BCUT2D eigenvalue weighted by Gasteiger charge is -2.03. The maximum absolute atomic E-state index is 12.3. The first kappa shape index (κ1) is 18.4. The van der Waals surface area contributed by atoms with Gasteiger partial charge in [-0.1, -0.05) is 17.2 Å². The second-order valence-corrected chi connectivity index (χ2v) is 5.32. The van der Waals surface area contributed by atoms with E-state index in [1.807, 2.05) is 0 Å². The Morgan fingerprint density at radius 3 is 2.32 bits per heavy atom. The summed E-state index contributed by atoms with van der Waals surface area (Å²) in [6, 6.07) is 9.09. The molecule has 0 aliphatic rings. The number of nitrogens with zero attached hydrogens (tertiary/aromatic N) is 4. The summed E-state index contributed by atoms with van der Waals surface area (Å²) in [6.45, 7) is 0. The fourth-order valence-corrected chi connectivity index (χ4v) is 2.31. The molecule has 1 N–H and O–H groups in total. The summed E-state index contributed by atoms with van der Waals surface area (Å²) in [7, 11) is 1.47. The number of para-hydroxylation sites is 1. The summed E-state index contributed by atoms with van der Waals surface area (Å²) in [5.74, 6) is -0.349. The van der Waals surface area contributed by atoms with E-state index in [2.05, 4.69) is 15.5 Å². The van der Waals surface area contributed by atoms with E-state index in [-0.39, 0.29) is 17.5 Å². The van der Waals surface area contributed by atoms with Crippen molar-refractivity contribution in [2.75, 3.05) is 12.4 Å². The molecule has 0 atom stereocenters. The average Bonchev–Trinajstić information content (AvgIpc) is 3.15. The van der Waals surface area contributed by atoms with Gasteiger partial charge < -0.3 is 9.15 Å². The third kappa shape index (κ3) is 3.75. The van der Waals surface area contributed by atoms with Crippen LogP contribution in [-0.4, -0.2) is 33.1 Å². The minimum atomic E-state index is -0.887. The molecule has 142 valence electrons. The maximum Gasteiger partial charge on any atom is 0.322 e. The van der Waals surface area contributed by atoms with Crippen LogP contribution in [0.3, 0.4) is 0 Å². The predicted molar refractivity (Wildman–Crippen MR) is 94.0 cm³/mol. The van der Waals surface area contributed by atoms with Crippen molar-refractivity contribution in [2.45, 2.75) is 0 Å². The first-order valence-corrected chi connectivity index (χ1v) is 7.61. The first-order valence-electron chi connectivity index (χ1n) is 7.61. The molecular formula is C16H11N5O7. The van der Waals surface area contributed by atoms with Crippen LogP contribution in [0, 0.1) is 20.2 Å². The summed E-state index contributed by atoms with van der Waals surface area (Å²) >= 11 is 0. The standard InChI is InChI=1S/C16H11N5O7/c1-27-13-5-3-2-4-12(13)15-18-19-16(28-15)17-14(22)9-6-10(20(23)24)8-11(7-9)21(25)26/h2-8H,1H3,(H,17,19,22). The van der Waals surface area contributed by atoms with Gasteiger partial charge in [-0.25, -0.2) is 0 Å². The zero-order valence-corrected chi connectivity index (χ0v) is 14.2. The summed E-state index contributed by atoms with van der Waals surface area (Å²) in [6.07, 6.45) is 0. The lowest BCUT2D eigenvalue weighted by atomic mass is 10.1. The number of amides is 1. The fraction of sp³-hybridized carbons (Fsp3) is 0.0625. The highest BCUT2D eigenvalue weighted by Gasteiger charge is 2.21. The predicted octanol–water partition coefficient (Wildman–Crippen LogP) is 2.81. The number of nitro benzene ring substituents is 2. The molecule has 2 aromatic carbocycles. The molecule has 0 unspecified atom stereocenters. The lowest BCUT2D eigenvalue weighted by molar-refractivity contribution is -0.394. The number of nitro groups is 2. The van der Waals surface area contributed by atoms with Crippen LogP contribution in [0.2, 0.25) is 0 Å². The molecule has 0 fully saturated rings. The quantitative estimate of drug-likeness (QED) is 0.496. The topological polar surface area (TPSA) is 164 Å². The molecule has 0 radical (unpaired) electrons. The zero-order valence-electron chi connectivity index (χ0n) is 14.2. The van der Waals surface area contributed by atoms with Crippen molar-refractivity contribution in [1.29, 1.82) is 0 Å². The molecule has 28 heavy (non-hydrogen) atoms. The van der Waals surface area contributed by atoms with E-state index in [9.17, 15) is 25.0 Å². The zero-order chi connectivity index (χ0) is 20.3. The van der Waals surface area contributed by atoms with Gasteiger partial charge in [0.25, 0.3) is 23.2 Å². The van der Waals surface area contributed by atoms with Crippen molar-refractivity contribution >= 4 is 23.3 Å². The third-order valence-corrected chi connectivity index (χ3v) is 3.57. The second-order valence-electron chi connectivity index (χ2n) is 5.32. The van der Waals surface area contributed by atoms with Crippen LogP contribution >= 0.6 is 0 Å². The van der Waals surface area contributed by atoms with E-state index < -0.39 is 27.1 Å². The van der Waals surface area contributed by atoms with Crippen LogP contribution < -0.4 is 10.1 Å². The number of rotatable bonds is 6. The number of anilines is 1. The van der Waals surface area contributed by atoms with Crippen molar-refractivity contribution in [2.24, 2.45) is 0 Å². The van der Waals surface area contributed by atoms with E-state index in [0.29, 0.717) is 11.3 Å². The number of non-ortho nitro benzene ring substituents is 2. The molecule has 1 heterocycles. The highest BCUT2D eigenvalue weighted by atomic mass is 16.6. The Balaban J connectivity index is 1.87. The first-order chi connectivity index (χ1) is 13.4. The number of aromatic nitrogens is 2. The number of hydrogen-bond acceptors (Lipinski definition) is 9. The van der Waals surface area contributed by atoms with Gasteiger partial charge in [0.15, 0.2) is 0 Å². The molecule has 3 aromatic rings. The van der Waals surface area contributed by atoms with Crippen LogP contribution in [0.1, 0.15) is 10.4 Å². The van der Waals surface area contributed by atoms with E-state index >= 15 is 0 Å². The second kappa shape index (κ2) is 7.49. The Hall–Kier alpha value is -4.35. The maximum atomic E-state index is 12.3. The molecule has 3 rings (SSSR count). The van der Waals surface area contributed by atoms with Gasteiger partial charge in [-0.15, -0.1) is 5.10 Å². The highest BCUT2D eigenvalue weighted by Crippen LogP contribution is 2.29. The van der Waals surface area contributed by atoms with Crippen LogP contribution in [0.5, 0.6) is 5.75 Å². The number of hydrogen-bond donors (Lipinski definition) is 1. The van der Waals surface area contributed by atoms with Crippen LogP contribution in [0.4, 0.5) is 17.4 Å². The van der Waals surface area contributed by atoms with E-state index in [0.717, 1.165) is 18.2 Å². The van der Waals surface area contributed by atoms with Crippen molar-refractivity contribution in [1.82, 2.24) is 10.2 Å². The Kier molecular flexibility index (Phi) is 4.93. The molecule has 0 spiro atoms. The molecule has 1 aromatic heterocycles. The third-order valence-electron chi connectivity index (χ3n) is 3.57. The average molecular weight is 385 g/mol. The van der Waals surface area contributed by atoms with Gasteiger partial charge >= 0.3 is 6.01 Å². The van der Waals surface area contributed by atoms with E-state index in [4.69, 9.17) is 9.15 Å². The van der Waals surface area contributed by atoms with E-state index in [1.54, 1.807) is 24.3 Å². The van der Waals surface area contributed by atoms with Gasteiger partial charge in [0, 0.05) is 12.1 Å². The van der Waals surface area contributed by atoms with E-state index in [1.165, 1.54) is 7.11 Å². The highest BCUT2D eigenvalue weighted by molar-refractivity contribution is 6.04. The van der Waals surface area contributed by atoms with Gasteiger partial charge in [0.1, 0.15) is 5.75 Å². The van der Waals surface area contributed by atoms with Crippen LogP contribution in [0.25, 0.3) is 11.5 Å². The number of methoxy groups -OCH3 is 1. The van der Waals surface area contributed by atoms with Crippen LogP contribution in [-0.2, 0) is 0 Å². The van der Waals surface area contributed by atoms with Crippen molar-refractivity contribution in [3.05, 3.63) is 68.3 Å². The SMILES string of the molecule is COc1ccccc1-c1nnc(NC(=O)c2cc([N+](=O)[O-])cc([N+](=O)[O-])c2)o1. The normalized spacial score (nSPS) is 10.3. The monoisotopic (exact) mass is 385 g/mol. The molecular weight excluding hydrogens is 374 g/mol. The Morgan fingerprint density at radius 2 is 1.71 bits per heavy atom. The molecule has 12 nitrogen and oxygen atoms in total. The van der Waals surface area contributed by atoms with Crippen molar-refractivity contribution < 1.29 is 23.8 Å². The molecule has 0 bridgehead atoms. The number of ether oxygens (including phenoxy) is 1. The summed E-state index contributed by atoms with van der Waals surface area (Å²) < 4.78 is 10.5. The number of benzene rings is 2. The molecule has 0 aliphatic heterocycles.